The number of carbonyl (C=O) groups excluding carboxylic acids is 2. The second-order valence-electron chi connectivity index (χ2n) is 10.9. The maximum Gasteiger partial charge on any atom is 0.264 e. The van der Waals surface area contributed by atoms with Crippen molar-refractivity contribution in [3.63, 3.8) is 0 Å². The number of anilines is 1. The Morgan fingerprint density at radius 2 is 1.56 bits per heavy atom. The van der Waals surface area contributed by atoms with Crippen molar-refractivity contribution in [1.29, 1.82) is 0 Å². The van der Waals surface area contributed by atoms with E-state index in [4.69, 9.17) is 9.47 Å². The minimum Gasteiger partial charge on any atom is -0.497 e. The first-order chi connectivity index (χ1) is 20.6. The monoisotopic (exact) mass is 607 g/mol. The molecule has 0 saturated heterocycles. The van der Waals surface area contributed by atoms with Crippen LogP contribution in [0.15, 0.2) is 77.7 Å². The lowest BCUT2D eigenvalue weighted by molar-refractivity contribution is -0.139. The molecule has 0 radical (unpaired) electrons. The second kappa shape index (κ2) is 14.4. The number of methoxy groups -OCH3 is 2. The van der Waals surface area contributed by atoms with E-state index in [9.17, 15) is 18.0 Å². The summed E-state index contributed by atoms with van der Waals surface area (Å²) in [5.74, 6) is 0.391. The number of nitrogens with zero attached hydrogens (tertiary/aromatic N) is 2. The van der Waals surface area contributed by atoms with Gasteiger partial charge in [0.1, 0.15) is 24.1 Å². The molecule has 0 bridgehead atoms. The molecule has 1 fully saturated rings. The number of rotatable bonds is 12. The minimum absolute atomic E-state index is 0.0594. The fourth-order valence-electron chi connectivity index (χ4n) is 5.23. The van der Waals surface area contributed by atoms with Gasteiger partial charge in [-0.25, -0.2) is 8.42 Å². The summed E-state index contributed by atoms with van der Waals surface area (Å²) in [5.41, 5.74) is 1.96. The van der Waals surface area contributed by atoms with Gasteiger partial charge in [0.2, 0.25) is 11.8 Å². The molecular formula is C33H41N3O6S. The topological polar surface area (TPSA) is 105 Å². The molecule has 0 aliphatic heterocycles. The third-order valence-electron chi connectivity index (χ3n) is 7.85. The SMILES string of the molecule is COc1ccc(N(CC(=O)N(Cc2cccc(OC)c2)[C@@H](C)C(=O)NC2CCCCC2)S(=O)(=O)c2ccc(C)cc2)cc1. The quantitative estimate of drug-likeness (QED) is 0.308. The summed E-state index contributed by atoms with van der Waals surface area (Å²) in [5, 5.41) is 3.12. The fraction of sp³-hybridized carbons (Fsp3) is 0.394. The van der Waals surface area contributed by atoms with Gasteiger partial charge in [-0.2, -0.15) is 0 Å². The molecule has 1 N–H and O–H groups in total. The average molecular weight is 608 g/mol. The number of benzene rings is 3. The highest BCUT2D eigenvalue weighted by Gasteiger charge is 2.33. The second-order valence-corrected chi connectivity index (χ2v) is 12.8. The molecule has 3 aromatic rings. The molecule has 1 aliphatic rings. The minimum atomic E-state index is -4.15. The van der Waals surface area contributed by atoms with Gasteiger partial charge in [-0.15, -0.1) is 0 Å². The van der Waals surface area contributed by atoms with Crippen LogP contribution >= 0.6 is 0 Å². The van der Waals surface area contributed by atoms with Crippen molar-refractivity contribution in [2.45, 2.75) is 69.5 Å². The lowest BCUT2D eigenvalue weighted by atomic mass is 9.95. The Bertz CT molecular complexity index is 1490. The van der Waals surface area contributed by atoms with Crippen LogP contribution in [0.25, 0.3) is 0 Å². The van der Waals surface area contributed by atoms with E-state index >= 15 is 0 Å². The van der Waals surface area contributed by atoms with Gasteiger partial charge < -0.3 is 19.7 Å². The van der Waals surface area contributed by atoms with E-state index in [1.165, 1.54) is 24.1 Å². The molecule has 0 aromatic heterocycles. The molecule has 1 aliphatic carbocycles. The molecular weight excluding hydrogens is 566 g/mol. The summed E-state index contributed by atoms with van der Waals surface area (Å²) in [6, 6.07) is 19.5. The third-order valence-corrected chi connectivity index (χ3v) is 9.64. The molecule has 4 rings (SSSR count). The number of nitrogens with one attached hydrogen (secondary N) is 1. The van der Waals surface area contributed by atoms with Crippen LogP contribution in [0.3, 0.4) is 0 Å². The maximum atomic E-state index is 14.2. The Balaban J connectivity index is 1.68. The number of amides is 2. The van der Waals surface area contributed by atoms with Crippen LogP contribution < -0.4 is 19.1 Å². The Hall–Kier alpha value is -4.05. The molecule has 230 valence electrons. The number of hydrogen-bond donors (Lipinski definition) is 1. The number of ether oxygens (including phenoxy) is 2. The molecule has 0 spiro atoms. The first kappa shape index (κ1) is 31.9. The van der Waals surface area contributed by atoms with Gasteiger partial charge in [0.05, 0.1) is 24.8 Å². The predicted octanol–water partition coefficient (Wildman–Crippen LogP) is 5.07. The Kier molecular flexibility index (Phi) is 10.7. The van der Waals surface area contributed by atoms with E-state index in [1.54, 1.807) is 62.6 Å². The zero-order chi connectivity index (χ0) is 31.0. The van der Waals surface area contributed by atoms with Crippen molar-refractivity contribution in [3.8, 4) is 11.5 Å². The first-order valence-electron chi connectivity index (χ1n) is 14.6. The number of carbonyl (C=O) groups is 2. The summed E-state index contributed by atoms with van der Waals surface area (Å²) in [7, 11) is -1.06. The molecule has 9 nitrogen and oxygen atoms in total. The number of hydrogen-bond acceptors (Lipinski definition) is 6. The molecule has 1 atom stereocenters. The molecule has 2 amide bonds. The third kappa shape index (κ3) is 8.07. The number of sulfonamides is 1. The van der Waals surface area contributed by atoms with Crippen LogP contribution in [-0.2, 0) is 26.2 Å². The largest absolute Gasteiger partial charge is 0.497 e. The van der Waals surface area contributed by atoms with Crippen molar-refractivity contribution in [3.05, 3.63) is 83.9 Å². The predicted molar refractivity (Wildman–Crippen MR) is 167 cm³/mol. The van der Waals surface area contributed by atoms with Gasteiger partial charge in [0, 0.05) is 12.6 Å². The van der Waals surface area contributed by atoms with Crippen LogP contribution in [-0.4, -0.2) is 58.0 Å². The van der Waals surface area contributed by atoms with Gasteiger partial charge >= 0.3 is 0 Å². The molecule has 3 aromatic carbocycles. The van der Waals surface area contributed by atoms with Crippen LogP contribution in [0.5, 0.6) is 11.5 Å². The van der Waals surface area contributed by atoms with Crippen molar-refractivity contribution in [2.75, 3.05) is 25.1 Å². The molecule has 10 heteroatoms. The highest BCUT2D eigenvalue weighted by atomic mass is 32.2. The van der Waals surface area contributed by atoms with E-state index in [1.807, 2.05) is 19.1 Å². The summed E-state index contributed by atoms with van der Waals surface area (Å²) in [4.78, 5) is 29.1. The first-order valence-corrected chi connectivity index (χ1v) is 16.0. The molecule has 43 heavy (non-hydrogen) atoms. The fourth-order valence-corrected chi connectivity index (χ4v) is 6.65. The van der Waals surface area contributed by atoms with Gasteiger partial charge in [0.25, 0.3) is 10.0 Å². The smallest absolute Gasteiger partial charge is 0.264 e. The van der Waals surface area contributed by atoms with Crippen molar-refractivity contribution < 1.29 is 27.5 Å². The van der Waals surface area contributed by atoms with Crippen molar-refractivity contribution in [1.82, 2.24) is 10.2 Å². The summed E-state index contributed by atoms with van der Waals surface area (Å²) < 4.78 is 39.7. The van der Waals surface area contributed by atoms with Gasteiger partial charge in [0.15, 0.2) is 0 Å². The number of aryl methyl sites for hydroxylation is 1. The standard InChI is InChI=1S/C33H41N3O6S/c1-24-13-19-31(20-14-24)43(39,40)36(28-15-17-29(41-3)18-16-28)23-32(37)35(22-26-9-8-12-30(21-26)42-4)25(2)33(38)34-27-10-6-5-7-11-27/h8-9,12-21,25,27H,5-7,10-11,22-23H2,1-4H3,(H,34,38)/t25-/m0/s1. The lowest BCUT2D eigenvalue weighted by Gasteiger charge is -2.33. The van der Waals surface area contributed by atoms with Crippen molar-refractivity contribution in [2.24, 2.45) is 0 Å². The van der Waals surface area contributed by atoms with E-state index < -0.39 is 28.5 Å². The Morgan fingerprint density at radius 1 is 0.907 bits per heavy atom. The average Bonchev–Trinajstić information content (AvgIpc) is 3.02. The van der Waals surface area contributed by atoms with Gasteiger partial charge in [-0.1, -0.05) is 49.1 Å². The van der Waals surface area contributed by atoms with E-state index in [-0.39, 0.29) is 23.4 Å². The maximum absolute atomic E-state index is 14.2. The van der Waals surface area contributed by atoms with Gasteiger partial charge in [-0.3, -0.25) is 13.9 Å². The summed E-state index contributed by atoms with van der Waals surface area (Å²) in [6.07, 6.45) is 5.07. The lowest BCUT2D eigenvalue weighted by Crippen LogP contribution is -2.53. The van der Waals surface area contributed by atoms with Crippen LogP contribution in [0.4, 0.5) is 5.69 Å². The summed E-state index contributed by atoms with van der Waals surface area (Å²) >= 11 is 0. The van der Waals surface area contributed by atoms with Crippen LogP contribution in [0.2, 0.25) is 0 Å². The molecule has 0 unspecified atom stereocenters. The zero-order valence-corrected chi connectivity index (χ0v) is 26.1. The molecule has 0 heterocycles. The van der Waals surface area contributed by atoms with Crippen LogP contribution in [0.1, 0.15) is 50.2 Å². The Morgan fingerprint density at radius 3 is 2.19 bits per heavy atom. The van der Waals surface area contributed by atoms with Gasteiger partial charge in [-0.05, 0) is 80.8 Å². The van der Waals surface area contributed by atoms with Crippen LogP contribution in [0, 0.1) is 6.92 Å². The molecule has 1 saturated carbocycles. The van der Waals surface area contributed by atoms with E-state index in [0.717, 1.165) is 47.5 Å². The summed E-state index contributed by atoms with van der Waals surface area (Å²) in [6.45, 7) is 3.14. The zero-order valence-electron chi connectivity index (χ0n) is 25.3. The van der Waals surface area contributed by atoms with E-state index in [0.29, 0.717) is 17.2 Å². The highest BCUT2D eigenvalue weighted by molar-refractivity contribution is 7.92. The van der Waals surface area contributed by atoms with Crippen molar-refractivity contribution >= 4 is 27.5 Å². The highest BCUT2D eigenvalue weighted by Crippen LogP contribution is 2.27. The normalized spacial score (nSPS) is 14.4. The van der Waals surface area contributed by atoms with E-state index in [2.05, 4.69) is 5.32 Å². The Labute approximate surface area is 254 Å².